The summed E-state index contributed by atoms with van der Waals surface area (Å²) in [6, 6.07) is 16.0. The van der Waals surface area contributed by atoms with Gasteiger partial charge in [-0.2, -0.15) is 4.31 Å². The van der Waals surface area contributed by atoms with Crippen molar-refractivity contribution in [3.8, 4) is 0 Å². The molecule has 0 radical (unpaired) electrons. The molecule has 0 atom stereocenters. The Morgan fingerprint density at radius 2 is 1.54 bits per heavy atom. The maximum Gasteiger partial charge on any atom is 0.244 e. The van der Waals surface area contributed by atoms with E-state index in [0.29, 0.717) is 19.4 Å². The Kier molecular flexibility index (Phi) is 7.87. The topological polar surface area (TPSA) is 95.6 Å². The van der Waals surface area contributed by atoms with E-state index in [1.165, 1.54) is 6.08 Å². The minimum absolute atomic E-state index is 0.129. The smallest absolute Gasteiger partial charge is 0.244 e. The Bertz CT molecular complexity index is 1150. The number of piperidine rings is 1. The number of benzene rings is 2. The Labute approximate surface area is 208 Å². The normalized spacial score (nSPS) is 17.9. The summed E-state index contributed by atoms with van der Waals surface area (Å²) in [4.78, 5) is 24.4. The molecule has 0 unspecified atom stereocenters. The lowest BCUT2D eigenvalue weighted by atomic mass is 9.79. The number of nitrogens with one attached hydrogen (secondary N) is 2. The van der Waals surface area contributed by atoms with Gasteiger partial charge in [0.15, 0.2) is 0 Å². The van der Waals surface area contributed by atoms with Gasteiger partial charge in [0.1, 0.15) is 0 Å². The van der Waals surface area contributed by atoms with Crippen molar-refractivity contribution in [2.24, 2.45) is 0 Å². The zero-order valence-electron chi connectivity index (χ0n) is 20.9. The molecule has 35 heavy (non-hydrogen) atoms. The second kappa shape index (κ2) is 10.3. The first-order valence-electron chi connectivity index (χ1n) is 11.7. The van der Waals surface area contributed by atoms with E-state index in [1.807, 2.05) is 58.0 Å². The van der Waals surface area contributed by atoms with Crippen LogP contribution in [0.1, 0.15) is 51.7 Å². The van der Waals surface area contributed by atoms with Crippen LogP contribution >= 0.6 is 0 Å². The first-order valence-corrected chi connectivity index (χ1v) is 13.2. The summed E-state index contributed by atoms with van der Waals surface area (Å²) in [6.07, 6.45) is 2.36. The third kappa shape index (κ3) is 6.38. The number of sulfonamides is 1. The predicted molar refractivity (Wildman–Crippen MR) is 137 cm³/mol. The molecule has 2 aromatic carbocycles. The highest BCUT2D eigenvalue weighted by atomic mass is 32.2. The highest BCUT2D eigenvalue weighted by molar-refractivity contribution is 7.89. The Hall–Kier alpha value is -2.97. The number of amides is 2. The SMILES string of the molecule is C=CC(=O)NC1CC(C)(C)N(S(=O)(=O)c2ccc(CC(=O)NCc3ccccc3)cc2)C(C)(C)C1. The molecular formula is C27H35N3O4S. The van der Waals surface area contributed by atoms with Crippen LogP contribution in [0.25, 0.3) is 0 Å². The van der Waals surface area contributed by atoms with E-state index in [-0.39, 0.29) is 29.2 Å². The van der Waals surface area contributed by atoms with Crippen LogP contribution in [-0.2, 0) is 32.6 Å². The molecule has 1 aliphatic heterocycles. The van der Waals surface area contributed by atoms with E-state index in [4.69, 9.17) is 0 Å². The zero-order valence-corrected chi connectivity index (χ0v) is 21.7. The molecule has 1 fully saturated rings. The minimum Gasteiger partial charge on any atom is -0.352 e. The monoisotopic (exact) mass is 497 g/mol. The number of rotatable bonds is 8. The molecule has 2 N–H and O–H groups in total. The summed E-state index contributed by atoms with van der Waals surface area (Å²) < 4.78 is 29.0. The van der Waals surface area contributed by atoms with Crippen LogP contribution < -0.4 is 10.6 Å². The summed E-state index contributed by atoms with van der Waals surface area (Å²) >= 11 is 0. The highest BCUT2D eigenvalue weighted by Crippen LogP contribution is 2.42. The standard InChI is InChI=1S/C27H35N3O4S/c1-6-24(31)29-22-17-26(2,3)30(27(4,5)18-22)35(33,34)23-14-12-20(13-15-23)16-25(32)28-19-21-10-8-7-9-11-21/h6-15,22H,1,16-19H2,2-5H3,(H,28,32)(H,29,31). The van der Waals surface area contributed by atoms with Crippen molar-refractivity contribution >= 4 is 21.8 Å². The second-order valence-electron chi connectivity index (χ2n) is 10.3. The first-order chi connectivity index (χ1) is 16.3. The van der Waals surface area contributed by atoms with Crippen LogP contribution in [0.2, 0.25) is 0 Å². The quantitative estimate of drug-likeness (QED) is 0.545. The van der Waals surface area contributed by atoms with Crippen LogP contribution in [0.15, 0.2) is 72.1 Å². The van der Waals surface area contributed by atoms with Gasteiger partial charge in [-0.1, -0.05) is 49.0 Å². The molecule has 0 saturated carbocycles. The Balaban J connectivity index is 1.72. The van der Waals surface area contributed by atoms with Gasteiger partial charge in [0.2, 0.25) is 21.8 Å². The van der Waals surface area contributed by atoms with Gasteiger partial charge >= 0.3 is 0 Å². The van der Waals surface area contributed by atoms with E-state index >= 15 is 0 Å². The van der Waals surface area contributed by atoms with Gasteiger partial charge in [-0.15, -0.1) is 0 Å². The number of carbonyl (C=O) groups is 2. The average Bonchev–Trinajstić information content (AvgIpc) is 2.76. The summed E-state index contributed by atoms with van der Waals surface area (Å²) in [5.74, 6) is -0.392. The van der Waals surface area contributed by atoms with Crippen molar-refractivity contribution in [3.63, 3.8) is 0 Å². The summed E-state index contributed by atoms with van der Waals surface area (Å²) in [5.41, 5.74) is 0.296. The number of nitrogens with zero attached hydrogens (tertiary/aromatic N) is 1. The molecule has 1 aliphatic rings. The Morgan fingerprint density at radius 3 is 2.09 bits per heavy atom. The van der Waals surface area contributed by atoms with Gasteiger partial charge in [-0.25, -0.2) is 8.42 Å². The lowest BCUT2D eigenvalue weighted by Gasteiger charge is -2.53. The molecule has 0 aliphatic carbocycles. The van der Waals surface area contributed by atoms with Crippen LogP contribution in [-0.4, -0.2) is 41.7 Å². The van der Waals surface area contributed by atoms with E-state index < -0.39 is 21.1 Å². The maximum atomic E-state index is 13.7. The van der Waals surface area contributed by atoms with E-state index in [2.05, 4.69) is 17.2 Å². The van der Waals surface area contributed by atoms with Gasteiger partial charge in [0.25, 0.3) is 0 Å². The van der Waals surface area contributed by atoms with E-state index in [1.54, 1.807) is 28.6 Å². The molecule has 188 valence electrons. The molecule has 8 heteroatoms. The third-order valence-electron chi connectivity index (χ3n) is 6.28. The predicted octanol–water partition coefficient (Wildman–Crippen LogP) is 3.56. The van der Waals surface area contributed by atoms with E-state index in [9.17, 15) is 18.0 Å². The van der Waals surface area contributed by atoms with Gasteiger partial charge < -0.3 is 10.6 Å². The fourth-order valence-corrected chi connectivity index (χ4v) is 7.35. The second-order valence-corrected chi connectivity index (χ2v) is 12.1. The zero-order chi connectivity index (χ0) is 25.9. The molecule has 3 rings (SSSR count). The molecular weight excluding hydrogens is 462 g/mol. The van der Waals surface area contributed by atoms with Crippen LogP contribution in [0, 0.1) is 0 Å². The molecule has 0 aromatic heterocycles. The lowest BCUT2D eigenvalue weighted by Crippen LogP contribution is -2.65. The molecule has 2 aromatic rings. The first kappa shape index (κ1) is 26.6. The van der Waals surface area contributed by atoms with Crippen LogP contribution in [0.3, 0.4) is 0 Å². The number of carbonyl (C=O) groups excluding carboxylic acids is 2. The summed E-state index contributed by atoms with van der Waals surface area (Å²) in [5, 5.41) is 5.81. The van der Waals surface area contributed by atoms with Crippen LogP contribution in [0.5, 0.6) is 0 Å². The number of hydrogen-bond donors (Lipinski definition) is 2. The highest BCUT2D eigenvalue weighted by Gasteiger charge is 2.51. The largest absolute Gasteiger partial charge is 0.352 e. The van der Waals surface area contributed by atoms with E-state index in [0.717, 1.165) is 11.1 Å². The van der Waals surface area contributed by atoms with Crippen molar-refractivity contribution in [3.05, 3.63) is 78.4 Å². The average molecular weight is 498 g/mol. The fourth-order valence-electron chi connectivity index (χ4n) is 5.21. The van der Waals surface area contributed by atoms with Gasteiger partial charge in [0, 0.05) is 23.7 Å². The van der Waals surface area contributed by atoms with Crippen molar-refractivity contribution in [2.45, 2.75) is 75.5 Å². The Morgan fingerprint density at radius 1 is 0.971 bits per heavy atom. The van der Waals surface area contributed by atoms with Crippen LogP contribution in [0.4, 0.5) is 0 Å². The molecule has 0 bridgehead atoms. The molecule has 7 nitrogen and oxygen atoms in total. The van der Waals surface area contributed by atoms with Crippen molar-refractivity contribution in [2.75, 3.05) is 0 Å². The maximum absolute atomic E-state index is 13.7. The number of hydrogen-bond acceptors (Lipinski definition) is 4. The van der Waals surface area contributed by atoms with Gasteiger partial charge in [-0.3, -0.25) is 9.59 Å². The lowest BCUT2D eigenvalue weighted by molar-refractivity contribution is -0.120. The fraction of sp³-hybridized carbons (Fsp3) is 0.407. The summed E-state index contributed by atoms with van der Waals surface area (Å²) in [6.45, 7) is 11.5. The molecule has 1 heterocycles. The summed E-state index contributed by atoms with van der Waals surface area (Å²) in [7, 11) is -3.83. The van der Waals surface area contributed by atoms with Crippen molar-refractivity contribution in [1.29, 1.82) is 0 Å². The third-order valence-corrected chi connectivity index (χ3v) is 8.62. The molecule has 0 spiro atoms. The minimum atomic E-state index is -3.83. The van der Waals surface area contributed by atoms with Crippen molar-refractivity contribution < 1.29 is 18.0 Å². The van der Waals surface area contributed by atoms with Crippen molar-refractivity contribution in [1.82, 2.24) is 14.9 Å². The molecule has 1 saturated heterocycles. The van der Waals surface area contributed by atoms with Gasteiger partial charge in [-0.05, 0) is 69.9 Å². The van der Waals surface area contributed by atoms with Gasteiger partial charge in [0.05, 0.1) is 11.3 Å². The molecule has 2 amide bonds.